The Bertz CT molecular complexity index is 670. The molecule has 2 N–H and O–H groups in total. The van der Waals surface area contributed by atoms with Crippen LogP contribution in [0.2, 0.25) is 0 Å². The maximum Gasteiger partial charge on any atom is 0.348 e. The van der Waals surface area contributed by atoms with Gasteiger partial charge < -0.3 is 10.4 Å². The first kappa shape index (κ1) is 14.7. The highest BCUT2D eigenvalue weighted by atomic mass is 32.1. The minimum atomic E-state index is -1.02. The van der Waals surface area contributed by atoms with E-state index in [-0.39, 0.29) is 10.8 Å². The van der Waals surface area contributed by atoms with Crippen molar-refractivity contribution in [3.8, 4) is 0 Å². The van der Waals surface area contributed by atoms with Gasteiger partial charge in [0.1, 0.15) is 4.88 Å². The summed E-state index contributed by atoms with van der Waals surface area (Å²) in [5.74, 6) is -1.27. The van der Waals surface area contributed by atoms with Crippen LogP contribution in [0.25, 0.3) is 0 Å². The maximum absolute atomic E-state index is 12.2. The molecule has 6 heteroatoms. The topological polar surface area (TPSA) is 66.4 Å². The zero-order valence-electron chi connectivity index (χ0n) is 11.4. The number of aromatic carboxylic acids is 1. The number of anilines is 1. The van der Waals surface area contributed by atoms with E-state index in [1.54, 1.807) is 12.3 Å². The lowest BCUT2D eigenvalue weighted by atomic mass is 10.2. The van der Waals surface area contributed by atoms with E-state index >= 15 is 0 Å². The van der Waals surface area contributed by atoms with Gasteiger partial charge in [0.25, 0.3) is 5.91 Å². The SMILES string of the molecule is CCc1cc(C(=O)Nc2c(C)csc2C(=O)O)sc1C. The second-order valence-corrected chi connectivity index (χ2v) is 6.56. The number of nitrogens with one attached hydrogen (secondary N) is 1. The number of thiophene rings is 2. The quantitative estimate of drug-likeness (QED) is 0.899. The first-order valence-electron chi connectivity index (χ1n) is 6.16. The second kappa shape index (κ2) is 5.76. The summed E-state index contributed by atoms with van der Waals surface area (Å²) in [5, 5.41) is 13.6. The monoisotopic (exact) mass is 309 g/mol. The first-order valence-corrected chi connectivity index (χ1v) is 7.85. The third-order valence-corrected chi connectivity index (χ3v) is 5.21. The van der Waals surface area contributed by atoms with E-state index in [9.17, 15) is 9.59 Å². The van der Waals surface area contributed by atoms with Gasteiger partial charge in [-0.25, -0.2) is 4.79 Å². The van der Waals surface area contributed by atoms with Crippen molar-refractivity contribution in [3.63, 3.8) is 0 Å². The summed E-state index contributed by atoms with van der Waals surface area (Å²) in [5.41, 5.74) is 2.32. The average molecular weight is 309 g/mol. The molecule has 2 aromatic rings. The van der Waals surface area contributed by atoms with Crippen LogP contribution in [0.1, 0.15) is 42.3 Å². The van der Waals surface area contributed by atoms with Gasteiger partial charge in [-0.2, -0.15) is 0 Å². The zero-order chi connectivity index (χ0) is 14.9. The molecular weight excluding hydrogens is 294 g/mol. The van der Waals surface area contributed by atoms with Crippen LogP contribution >= 0.6 is 22.7 Å². The lowest BCUT2D eigenvalue weighted by Gasteiger charge is -2.04. The van der Waals surface area contributed by atoms with Gasteiger partial charge in [0, 0.05) is 4.88 Å². The number of aryl methyl sites for hydroxylation is 3. The molecule has 2 aromatic heterocycles. The van der Waals surface area contributed by atoms with E-state index in [1.807, 2.05) is 19.9 Å². The van der Waals surface area contributed by atoms with Crippen LogP contribution in [-0.2, 0) is 6.42 Å². The van der Waals surface area contributed by atoms with Gasteiger partial charge in [-0.3, -0.25) is 4.79 Å². The van der Waals surface area contributed by atoms with Crippen LogP contribution in [0, 0.1) is 13.8 Å². The first-order chi connectivity index (χ1) is 9.43. The number of carbonyl (C=O) groups is 2. The molecule has 0 spiro atoms. The normalized spacial score (nSPS) is 10.6. The number of amides is 1. The van der Waals surface area contributed by atoms with Crippen LogP contribution in [-0.4, -0.2) is 17.0 Å². The number of hydrogen-bond donors (Lipinski definition) is 2. The molecule has 4 nitrogen and oxygen atoms in total. The third kappa shape index (κ3) is 2.76. The lowest BCUT2D eigenvalue weighted by molar-refractivity contribution is 0.0703. The molecule has 0 radical (unpaired) electrons. The van der Waals surface area contributed by atoms with Gasteiger partial charge in [-0.05, 0) is 42.8 Å². The molecule has 0 aromatic carbocycles. The van der Waals surface area contributed by atoms with E-state index in [2.05, 4.69) is 5.32 Å². The Labute approximate surface area is 125 Å². The van der Waals surface area contributed by atoms with Crippen LogP contribution in [0.15, 0.2) is 11.4 Å². The third-order valence-electron chi connectivity index (χ3n) is 3.03. The van der Waals surface area contributed by atoms with Crippen LogP contribution in [0.3, 0.4) is 0 Å². The summed E-state index contributed by atoms with van der Waals surface area (Å²) >= 11 is 2.56. The van der Waals surface area contributed by atoms with Crippen molar-refractivity contribution in [1.29, 1.82) is 0 Å². The lowest BCUT2D eigenvalue weighted by Crippen LogP contribution is -2.13. The summed E-state index contributed by atoms with van der Waals surface area (Å²) < 4.78 is 0. The average Bonchev–Trinajstić information content (AvgIpc) is 2.94. The second-order valence-electron chi connectivity index (χ2n) is 4.43. The van der Waals surface area contributed by atoms with Crippen LogP contribution in [0.5, 0.6) is 0 Å². The molecule has 0 aliphatic carbocycles. The smallest absolute Gasteiger partial charge is 0.348 e. The number of hydrogen-bond acceptors (Lipinski definition) is 4. The van der Waals surface area contributed by atoms with E-state index in [4.69, 9.17) is 5.11 Å². The summed E-state index contributed by atoms with van der Waals surface area (Å²) in [6, 6.07) is 1.87. The molecule has 2 heterocycles. The van der Waals surface area contributed by atoms with Gasteiger partial charge in [0.2, 0.25) is 0 Å². The number of rotatable bonds is 4. The zero-order valence-corrected chi connectivity index (χ0v) is 13.1. The number of carboxylic acids is 1. The highest BCUT2D eigenvalue weighted by Crippen LogP contribution is 2.29. The fourth-order valence-electron chi connectivity index (χ4n) is 1.91. The molecule has 0 aliphatic heterocycles. The van der Waals surface area contributed by atoms with Gasteiger partial charge in [0.05, 0.1) is 10.6 Å². The molecule has 1 amide bonds. The predicted molar refractivity (Wildman–Crippen MR) is 82.4 cm³/mol. The molecule has 0 bridgehead atoms. The fraction of sp³-hybridized carbons (Fsp3) is 0.286. The Hall–Kier alpha value is -1.66. The van der Waals surface area contributed by atoms with Gasteiger partial charge in [0.15, 0.2) is 0 Å². The van der Waals surface area contributed by atoms with E-state index in [1.165, 1.54) is 11.3 Å². The minimum Gasteiger partial charge on any atom is -0.477 e. The van der Waals surface area contributed by atoms with Crippen molar-refractivity contribution in [3.05, 3.63) is 37.2 Å². The van der Waals surface area contributed by atoms with E-state index in [0.717, 1.165) is 33.8 Å². The Kier molecular flexibility index (Phi) is 4.25. The van der Waals surface area contributed by atoms with Gasteiger partial charge in [-0.15, -0.1) is 22.7 Å². The van der Waals surface area contributed by atoms with E-state index < -0.39 is 5.97 Å². The molecule has 0 aliphatic rings. The molecule has 106 valence electrons. The Balaban J connectivity index is 2.27. The van der Waals surface area contributed by atoms with Crippen molar-refractivity contribution in [1.82, 2.24) is 0 Å². The highest BCUT2D eigenvalue weighted by Gasteiger charge is 2.19. The van der Waals surface area contributed by atoms with E-state index in [0.29, 0.717) is 10.6 Å². The summed E-state index contributed by atoms with van der Waals surface area (Å²) in [7, 11) is 0. The Morgan fingerprint density at radius 1 is 1.35 bits per heavy atom. The van der Waals surface area contributed by atoms with Gasteiger partial charge in [-0.1, -0.05) is 6.92 Å². The summed E-state index contributed by atoms with van der Waals surface area (Å²) in [4.78, 5) is 25.3. The molecule has 2 rings (SSSR count). The van der Waals surface area contributed by atoms with Gasteiger partial charge >= 0.3 is 5.97 Å². The molecule has 0 saturated heterocycles. The standard InChI is InChI=1S/C14H15NO3S2/c1-4-9-5-10(20-8(9)3)13(16)15-11-7(2)6-19-12(11)14(17)18/h5-6H,4H2,1-3H3,(H,15,16)(H,17,18). The summed E-state index contributed by atoms with van der Waals surface area (Å²) in [6.45, 7) is 5.82. The van der Waals surface area contributed by atoms with Crippen molar-refractivity contribution in [2.45, 2.75) is 27.2 Å². The maximum atomic E-state index is 12.2. The van der Waals surface area contributed by atoms with Crippen molar-refractivity contribution in [2.75, 3.05) is 5.32 Å². The Morgan fingerprint density at radius 2 is 2.05 bits per heavy atom. The van der Waals surface area contributed by atoms with Crippen molar-refractivity contribution in [2.24, 2.45) is 0 Å². The largest absolute Gasteiger partial charge is 0.477 e. The fourth-order valence-corrected chi connectivity index (χ4v) is 3.77. The van der Waals surface area contributed by atoms with Crippen LogP contribution in [0.4, 0.5) is 5.69 Å². The molecule has 0 unspecified atom stereocenters. The minimum absolute atomic E-state index is 0.167. The van der Waals surface area contributed by atoms with Crippen LogP contribution < -0.4 is 5.32 Å². The molecule has 0 atom stereocenters. The molecule has 0 fully saturated rings. The highest BCUT2D eigenvalue weighted by molar-refractivity contribution is 7.14. The van der Waals surface area contributed by atoms with Crippen molar-refractivity contribution >= 4 is 40.2 Å². The predicted octanol–water partition coefficient (Wildman–Crippen LogP) is 3.94. The Morgan fingerprint density at radius 3 is 2.60 bits per heavy atom. The number of carbonyl (C=O) groups excluding carboxylic acids is 1. The number of carboxylic acid groups (broad SMARTS) is 1. The molecular formula is C14H15NO3S2. The molecule has 20 heavy (non-hydrogen) atoms. The summed E-state index contributed by atoms with van der Waals surface area (Å²) in [6.07, 6.45) is 0.882. The van der Waals surface area contributed by atoms with Crippen molar-refractivity contribution < 1.29 is 14.7 Å². The molecule has 0 saturated carbocycles.